The number of methoxy groups -OCH3 is 1. The average Bonchev–Trinajstić information content (AvgIpc) is 3.16. The molecule has 0 unspecified atom stereocenters. The summed E-state index contributed by atoms with van der Waals surface area (Å²) in [5.41, 5.74) is 2.93. The van der Waals surface area contributed by atoms with Crippen molar-refractivity contribution in [3.8, 4) is 17.1 Å². The fourth-order valence-corrected chi connectivity index (χ4v) is 2.91. The van der Waals surface area contributed by atoms with Gasteiger partial charge in [0.2, 0.25) is 0 Å². The highest BCUT2D eigenvalue weighted by Gasteiger charge is 2.13. The van der Waals surface area contributed by atoms with Gasteiger partial charge in [-0.2, -0.15) is 0 Å². The van der Waals surface area contributed by atoms with Gasteiger partial charge in [-0.15, -0.1) is 0 Å². The van der Waals surface area contributed by atoms with Crippen LogP contribution in [0.25, 0.3) is 11.3 Å². The first-order chi connectivity index (χ1) is 13.5. The van der Waals surface area contributed by atoms with Crippen molar-refractivity contribution in [2.24, 2.45) is 0 Å². The van der Waals surface area contributed by atoms with Gasteiger partial charge in [-0.05, 0) is 55.5 Å². The number of carbonyl (C=O) groups is 1. The number of hydrogen-bond donors (Lipinski definition) is 3. The monoisotopic (exact) mass is 396 g/mol. The van der Waals surface area contributed by atoms with Crippen molar-refractivity contribution in [3.05, 3.63) is 71.5 Å². The molecular weight excluding hydrogens is 376 g/mol. The van der Waals surface area contributed by atoms with Crippen LogP contribution in [0.4, 0.5) is 5.69 Å². The molecule has 3 rings (SSSR count). The second-order valence-electron chi connectivity index (χ2n) is 6.12. The molecule has 144 valence electrons. The lowest BCUT2D eigenvalue weighted by atomic mass is 10.1. The van der Waals surface area contributed by atoms with Crippen molar-refractivity contribution < 1.29 is 19.1 Å². The molecule has 7 heteroatoms. The molecule has 0 bridgehead atoms. The van der Waals surface area contributed by atoms with Crippen LogP contribution < -0.4 is 15.4 Å². The van der Waals surface area contributed by atoms with Crippen molar-refractivity contribution in [1.29, 1.82) is 0 Å². The Balaban J connectivity index is 1.71. The Labute approximate surface area is 168 Å². The average molecular weight is 396 g/mol. The predicted octanol–water partition coefficient (Wildman–Crippen LogP) is 3.88. The SMILES string of the molecule is COc1cc(NC(=S)NC(=O)c2cccc(C)c2)ccc1-c1ccc(CO)o1. The van der Waals surface area contributed by atoms with Gasteiger partial charge in [-0.3, -0.25) is 10.1 Å². The van der Waals surface area contributed by atoms with Gasteiger partial charge in [-0.25, -0.2) is 0 Å². The molecule has 28 heavy (non-hydrogen) atoms. The number of aryl methyl sites for hydroxylation is 1. The summed E-state index contributed by atoms with van der Waals surface area (Å²) in [5.74, 6) is 1.34. The number of nitrogens with one attached hydrogen (secondary N) is 2. The summed E-state index contributed by atoms with van der Waals surface area (Å²) >= 11 is 5.24. The van der Waals surface area contributed by atoms with E-state index in [1.54, 1.807) is 43.5 Å². The summed E-state index contributed by atoms with van der Waals surface area (Å²) in [5, 5.41) is 15.0. The number of furan rings is 1. The first-order valence-electron chi connectivity index (χ1n) is 8.57. The first-order valence-corrected chi connectivity index (χ1v) is 8.98. The highest BCUT2D eigenvalue weighted by atomic mass is 32.1. The van der Waals surface area contributed by atoms with Crippen LogP contribution in [0.5, 0.6) is 5.75 Å². The molecular formula is C21H20N2O4S. The summed E-state index contributed by atoms with van der Waals surface area (Å²) in [4.78, 5) is 12.3. The maximum atomic E-state index is 12.3. The first kappa shape index (κ1) is 19.6. The lowest BCUT2D eigenvalue weighted by molar-refractivity contribution is 0.0977. The molecule has 1 aromatic heterocycles. The van der Waals surface area contributed by atoms with E-state index in [1.807, 2.05) is 25.1 Å². The number of hydrogen-bond acceptors (Lipinski definition) is 5. The van der Waals surface area contributed by atoms with Crippen molar-refractivity contribution in [2.75, 3.05) is 12.4 Å². The smallest absolute Gasteiger partial charge is 0.257 e. The highest BCUT2D eigenvalue weighted by molar-refractivity contribution is 7.80. The van der Waals surface area contributed by atoms with Crippen molar-refractivity contribution in [1.82, 2.24) is 5.32 Å². The molecule has 0 saturated carbocycles. The summed E-state index contributed by atoms with van der Waals surface area (Å²) < 4.78 is 11.0. The zero-order valence-corrected chi connectivity index (χ0v) is 16.3. The second-order valence-corrected chi connectivity index (χ2v) is 6.53. The molecule has 0 spiro atoms. The maximum Gasteiger partial charge on any atom is 0.257 e. The molecule has 3 aromatic rings. The summed E-state index contributed by atoms with van der Waals surface area (Å²) in [6, 6.07) is 16.1. The van der Waals surface area contributed by atoms with Gasteiger partial charge in [0.15, 0.2) is 5.11 Å². The maximum absolute atomic E-state index is 12.3. The topological polar surface area (TPSA) is 83.7 Å². The molecule has 1 heterocycles. The minimum Gasteiger partial charge on any atom is -0.496 e. The number of carbonyl (C=O) groups excluding carboxylic acids is 1. The third-order valence-corrected chi connectivity index (χ3v) is 4.25. The van der Waals surface area contributed by atoms with Crippen molar-refractivity contribution in [3.63, 3.8) is 0 Å². The van der Waals surface area contributed by atoms with Gasteiger partial charge >= 0.3 is 0 Å². The summed E-state index contributed by atoms with van der Waals surface area (Å²) in [7, 11) is 1.55. The van der Waals surface area contributed by atoms with Crippen LogP contribution in [-0.4, -0.2) is 23.2 Å². The van der Waals surface area contributed by atoms with Crippen LogP contribution in [0.3, 0.4) is 0 Å². The molecule has 0 aliphatic rings. The van der Waals surface area contributed by atoms with E-state index in [1.165, 1.54) is 0 Å². The van der Waals surface area contributed by atoms with E-state index < -0.39 is 0 Å². The van der Waals surface area contributed by atoms with Gasteiger partial charge in [-0.1, -0.05) is 17.7 Å². The molecule has 0 aliphatic heterocycles. The van der Waals surface area contributed by atoms with Gasteiger partial charge in [0.25, 0.3) is 5.91 Å². The van der Waals surface area contributed by atoms with E-state index in [0.29, 0.717) is 28.5 Å². The third kappa shape index (κ3) is 4.57. The number of aliphatic hydroxyl groups is 1. The fraction of sp³-hybridized carbons (Fsp3) is 0.143. The van der Waals surface area contributed by atoms with Crippen LogP contribution in [0.15, 0.2) is 59.0 Å². The number of thiocarbonyl (C=S) groups is 1. The van der Waals surface area contributed by atoms with Crippen LogP contribution in [0, 0.1) is 6.92 Å². The third-order valence-electron chi connectivity index (χ3n) is 4.05. The second kappa shape index (κ2) is 8.69. The minimum absolute atomic E-state index is 0.170. The Kier molecular flexibility index (Phi) is 6.08. The Morgan fingerprint density at radius 1 is 1.18 bits per heavy atom. The number of ether oxygens (including phenoxy) is 1. The van der Waals surface area contributed by atoms with E-state index in [2.05, 4.69) is 10.6 Å². The predicted molar refractivity (Wildman–Crippen MR) is 111 cm³/mol. The lowest BCUT2D eigenvalue weighted by Gasteiger charge is -2.12. The van der Waals surface area contributed by atoms with Crippen LogP contribution in [0.2, 0.25) is 0 Å². The summed E-state index contributed by atoms with van der Waals surface area (Å²) in [6.45, 7) is 1.75. The Morgan fingerprint density at radius 3 is 2.68 bits per heavy atom. The number of benzene rings is 2. The van der Waals surface area contributed by atoms with E-state index in [0.717, 1.165) is 11.1 Å². The zero-order chi connectivity index (χ0) is 20.1. The molecule has 0 atom stereocenters. The van der Waals surface area contributed by atoms with Gasteiger partial charge < -0.3 is 19.6 Å². The molecule has 0 fully saturated rings. The summed E-state index contributed by atoms with van der Waals surface area (Å²) in [6.07, 6.45) is 0. The highest BCUT2D eigenvalue weighted by Crippen LogP contribution is 2.33. The number of aliphatic hydroxyl groups excluding tert-OH is 1. The minimum atomic E-state index is -0.281. The quantitative estimate of drug-likeness (QED) is 0.568. The van der Waals surface area contributed by atoms with E-state index in [-0.39, 0.29) is 17.6 Å². The van der Waals surface area contributed by atoms with Gasteiger partial charge in [0, 0.05) is 17.3 Å². The van der Waals surface area contributed by atoms with Crippen molar-refractivity contribution in [2.45, 2.75) is 13.5 Å². The van der Waals surface area contributed by atoms with Crippen LogP contribution >= 0.6 is 12.2 Å². The number of rotatable bonds is 5. The van der Waals surface area contributed by atoms with Crippen LogP contribution in [-0.2, 0) is 6.61 Å². The van der Waals surface area contributed by atoms with E-state index >= 15 is 0 Å². The molecule has 0 radical (unpaired) electrons. The van der Waals surface area contributed by atoms with E-state index in [9.17, 15) is 4.79 Å². The molecule has 1 amide bonds. The largest absolute Gasteiger partial charge is 0.496 e. The van der Waals surface area contributed by atoms with Crippen LogP contribution in [0.1, 0.15) is 21.7 Å². The Morgan fingerprint density at radius 2 is 2.00 bits per heavy atom. The van der Waals surface area contributed by atoms with Gasteiger partial charge in [0.1, 0.15) is 23.9 Å². The zero-order valence-electron chi connectivity index (χ0n) is 15.5. The van der Waals surface area contributed by atoms with Crippen molar-refractivity contribution >= 4 is 28.9 Å². The molecule has 3 N–H and O–H groups in total. The fourth-order valence-electron chi connectivity index (χ4n) is 2.70. The molecule has 6 nitrogen and oxygen atoms in total. The Hall–Kier alpha value is -3.16. The number of amides is 1. The normalized spacial score (nSPS) is 10.4. The molecule has 2 aromatic carbocycles. The molecule has 0 aliphatic carbocycles. The molecule has 0 saturated heterocycles. The number of anilines is 1. The standard InChI is InChI=1S/C21H20N2O4S/c1-13-4-3-5-14(10-13)20(25)23-21(28)22-15-6-8-17(19(11-15)26-2)18-9-7-16(12-24)27-18/h3-11,24H,12H2,1-2H3,(H2,22,23,25,28). The Bertz CT molecular complexity index is 1010. The van der Waals surface area contributed by atoms with Gasteiger partial charge in [0.05, 0.1) is 12.7 Å². The lowest BCUT2D eigenvalue weighted by Crippen LogP contribution is -2.34. The van der Waals surface area contributed by atoms with E-state index in [4.69, 9.17) is 26.5 Å².